The molecule has 0 fully saturated rings. The Labute approximate surface area is 147 Å². The van der Waals surface area contributed by atoms with E-state index in [0.29, 0.717) is 12.0 Å². The van der Waals surface area contributed by atoms with Gasteiger partial charge in [-0.15, -0.1) is 0 Å². The molecule has 3 aromatic rings. The smallest absolute Gasteiger partial charge is 0.404 e. The van der Waals surface area contributed by atoms with E-state index >= 15 is 0 Å². The summed E-state index contributed by atoms with van der Waals surface area (Å²) in [6.45, 7) is 2.02. The summed E-state index contributed by atoms with van der Waals surface area (Å²) in [6.07, 6.45) is 0.701. The fourth-order valence-corrected chi connectivity index (χ4v) is 3.42. The Morgan fingerprint density at radius 2 is 1.40 bits per heavy atom. The average molecular weight is 354 g/mol. The van der Waals surface area contributed by atoms with Crippen LogP contribution in [0.25, 0.3) is 22.3 Å². The maximum Gasteiger partial charge on any atom is 0.524 e. The summed E-state index contributed by atoms with van der Waals surface area (Å²) in [4.78, 5) is 18.6. The highest BCUT2D eigenvalue weighted by atomic mass is 31.2. The molecule has 2 N–H and O–H groups in total. The van der Waals surface area contributed by atoms with Crippen LogP contribution in [0.4, 0.5) is 0 Å². The zero-order valence-electron chi connectivity index (χ0n) is 13.8. The molecule has 0 unspecified atom stereocenters. The summed E-state index contributed by atoms with van der Waals surface area (Å²) in [5, 5.41) is 0. The minimum atomic E-state index is -4.65. The fraction of sp³-hybridized carbons (Fsp3) is 0.100. The molecule has 0 aromatic heterocycles. The zero-order valence-corrected chi connectivity index (χ0v) is 14.7. The second-order valence-electron chi connectivity index (χ2n) is 5.63. The maximum absolute atomic E-state index is 11.4. The van der Waals surface area contributed by atoms with Gasteiger partial charge in [0.15, 0.2) is 0 Å². The number of hydrogen-bond acceptors (Lipinski definition) is 2. The molecule has 4 nitrogen and oxygen atoms in total. The van der Waals surface area contributed by atoms with Gasteiger partial charge in [-0.3, -0.25) is 9.79 Å². The van der Waals surface area contributed by atoms with Crippen LogP contribution in [0.5, 0.6) is 5.75 Å². The molecule has 0 spiro atoms. The van der Waals surface area contributed by atoms with Gasteiger partial charge in [0, 0.05) is 5.56 Å². The van der Waals surface area contributed by atoms with Crippen LogP contribution in [-0.4, -0.2) is 9.79 Å². The quantitative estimate of drug-likeness (QED) is 0.629. The summed E-state index contributed by atoms with van der Waals surface area (Å²) in [7, 11) is -4.65. The van der Waals surface area contributed by atoms with E-state index < -0.39 is 7.82 Å². The lowest BCUT2D eigenvalue weighted by Crippen LogP contribution is -1.99. The summed E-state index contributed by atoms with van der Waals surface area (Å²) >= 11 is 0. The van der Waals surface area contributed by atoms with Crippen molar-refractivity contribution >= 4 is 7.82 Å². The van der Waals surface area contributed by atoms with Gasteiger partial charge in [-0.1, -0.05) is 73.7 Å². The Balaban J connectivity index is 2.27. The third-order valence-electron chi connectivity index (χ3n) is 3.99. The Bertz CT molecular complexity index is 902. The van der Waals surface area contributed by atoms with Crippen LogP contribution in [0.3, 0.4) is 0 Å². The first-order valence-corrected chi connectivity index (χ1v) is 9.54. The normalized spacial score (nSPS) is 11.3. The lowest BCUT2D eigenvalue weighted by atomic mass is 9.89. The Morgan fingerprint density at radius 3 is 1.92 bits per heavy atom. The van der Waals surface area contributed by atoms with Crippen LogP contribution in [-0.2, 0) is 11.0 Å². The second kappa shape index (κ2) is 7.24. The molecule has 0 amide bonds. The lowest BCUT2D eigenvalue weighted by molar-refractivity contribution is 0.283. The van der Waals surface area contributed by atoms with E-state index in [1.54, 1.807) is 6.07 Å². The van der Waals surface area contributed by atoms with Gasteiger partial charge >= 0.3 is 7.82 Å². The van der Waals surface area contributed by atoms with Gasteiger partial charge in [0.05, 0.1) is 0 Å². The van der Waals surface area contributed by atoms with E-state index in [4.69, 9.17) is 4.52 Å². The Morgan fingerprint density at radius 1 is 0.840 bits per heavy atom. The van der Waals surface area contributed by atoms with Crippen molar-refractivity contribution in [2.75, 3.05) is 0 Å². The van der Waals surface area contributed by atoms with E-state index in [2.05, 4.69) is 0 Å². The van der Waals surface area contributed by atoms with Crippen molar-refractivity contribution in [3.8, 4) is 28.0 Å². The van der Waals surface area contributed by atoms with E-state index in [1.165, 1.54) is 0 Å². The van der Waals surface area contributed by atoms with Crippen molar-refractivity contribution in [2.45, 2.75) is 13.3 Å². The fourth-order valence-electron chi connectivity index (χ4n) is 3.01. The molecular weight excluding hydrogens is 335 g/mol. The van der Waals surface area contributed by atoms with E-state index in [1.807, 2.05) is 73.7 Å². The number of phosphoric ester groups is 1. The average Bonchev–Trinajstić information content (AvgIpc) is 2.61. The first-order valence-electron chi connectivity index (χ1n) is 8.01. The monoisotopic (exact) mass is 354 g/mol. The molecular formula is C20H19O4P. The van der Waals surface area contributed by atoms with Gasteiger partial charge in [-0.2, -0.15) is 0 Å². The predicted octanol–water partition coefficient (Wildman–Crippen LogP) is 5.05. The van der Waals surface area contributed by atoms with Gasteiger partial charge in [0.1, 0.15) is 5.75 Å². The molecule has 0 aliphatic carbocycles. The third-order valence-corrected chi connectivity index (χ3v) is 4.43. The summed E-state index contributed by atoms with van der Waals surface area (Å²) in [5.41, 5.74) is 4.65. The highest BCUT2D eigenvalue weighted by Gasteiger charge is 2.22. The number of phosphoric acid groups is 1. The molecule has 3 aromatic carbocycles. The summed E-state index contributed by atoms with van der Waals surface area (Å²) < 4.78 is 16.4. The van der Waals surface area contributed by atoms with Crippen molar-refractivity contribution < 1.29 is 18.9 Å². The van der Waals surface area contributed by atoms with Crippen molar-refractivity contribution in [1.29, 1.82) is 0 Å². The zero-order chi connectivity index (χ0) is 17.9. The molecule has 0 saturated heterocycles. The Kier molecular flexibility index (Phi) is 5.05. The second-order valence-corrected chi connectivity index (χ2v) is 6.80. The number of hydrogen-bond donors (Lipinski definition) is 2. The molecule has 128 valence electrons. The van der Waals surface area contributed by atoms with Crippen LogP contribution < -0.4 is 4.52 Å². The molecule has 0 radical (unpaired) electrons. The minimum Gasteiger partial charge on any atom is -0.404 e. The molecule has 3 rings (SSSR count). The number of rotatable bonds is 5. The molecule has 0 saturated carbocycles. The highest BCUT2D eigenvalue weighted by molar-refractivity contribution is 7.46. The molecule has 0 atom stereocenters. The van der Waals surface area contributed by atoms with Gasteiger partial charge < -0.3 is 4.52 Å². The highest BCUT2D eigenvalue weighted by Crippen LogP contribution is 2.46. The summed E-state index contributed by atoms with van der Waals surface area (Å²) in [6, 6.07) is 22.9. The lowest BCUT2D eigenvalue weighted by Gasteiger charge is -2.19. The summed E-state index contributed by atoms with van der Waals surface area (Å²) in [5.74, 6) is 0.191. The third kappa shape index (κ3) is 3.99. The molecule has 25 heavy (non-hydrogen) atoms. The van der Waals surface area contributed by atoms with Crippen molar-refractivity contribution in [1.82, 2.24) is 0 Å². The van der Waals surface area contributed by atoms with Gasteiger partial charge in [-0.05, 0) is 34.7 Å². The molecule has 0 heterocycles. The minimum absolute atomic E-state index is 0.191. The SMILES string of the molecule is CCc1c(-c2ccccc2)ccc(OP(=O)(O)O)c1-c1ccccc1. The first kappa shape index (κ1) is 17.4. The topological polar surface area (TPSA) is 66.8 Å². The molecule has 0 aliphatic rings. The van der Waals surface area contributed by atoms with Crippen LogP contribution in [0, 0.1) is 0 Å². The molecule has 0 aliphatic heterocycles. The van der Waals surface area contributed by atoms with Gasteiger partial charge in [-0.25, -0.2) is 4.57 Å². The van der Waals surface area contributed by atoms with Crippen molar-refractivity contribution in [3.05, 3.63) is 78.4 Å². The maximum atomic E-state index is 11.4. The van der Waals surface area contributed by atoms with E-state index in [9.17, 15) is 14.4 Å². The van der Waals surface area contributed by atoms with Crippen molar-refractivity contribution in [3.63, 3.8) is 0 Å². The first-order chi connectivity index (χ1) is 12.0. The molecule has 5 heteroatoms. The van der Waals surface area contributed by atoms with Crippen LogP contribution in [0.1, 0.15) is 12.5 Å². The van der Waals surface area contributed by atoms with Crippen LogP contribution in [0.15, 0.2) is 72.8 Å². The van der Waals surface area contributed by atoms with Crippen LogP contribution >= 0.6 is 7.82 Å². The van der Waals surface area contributed by atoms with Gasteiger partial charge in [0.2, 0.25) is 0 Å². The molecule has 0 bridgehead atoms. The van der Waals surface area contributed by atoms with Crippen LogP contribution in [0.2, 0.25) is 0 Å². The Hall–Kier alpha value is -2.39. The standard InChI is InChI=1S/C20H19O4P/c1-2-17-18(15-9-5-3-6-10-15)13-14-19(24-25(21,22)23)20(17)16-11-7-4-8-12-16/h3-14H,2H2,1H3,(H2,21,22,23). The van der Waals surface area contributed by atoms with Crippen molar-refractivity contribution in [2.24, 2.45) is 0 Å². The van der Waals surface area contributed by atoms with E-state index in [-0.39, 0.29) is 5.75 Å². The predicted molar refractivity (Wildman–Crippen MR) is 99.4 cm³/mol. The largest absolute Gasteiger partial charge is 0.524 e. The van der Waals surface area contributed by atoms with E-state index in [0.717, 1.165) is 22.3 Å². The van der Waals surface area contributed by atoms with Gasteiger partial charge in [0.25, 0.3) is 0 Å². The number of benzene rings is 3.